The fourth-order valence-corrected chi connectivity index (χ4v) is 2.99. The molecular weight excluding hydrogens is 252 g/mol. The van der Waals surface area contributed by atoms with Gasteiger partial charge in [-0.05, 0) is 31.5 Å². The number of aromatic nitrogens is 1. The first kappa shape index (κ1) is 13.8. The average molecular weight is 276 g/mol. The molecule has 2 saturated heterocycles. The highest BCUT2D eigenvalue weighted by molar-refractivity contribution is 5.40. The van der Waals surface area contributed by atoms with Crippen molar-refractivity contribution in [1.29, 1.82) is 0 Å². The molecule has 0 spiro atoms. The fourth-order valence-electron chi connectivity index (χ4n) is 2.99. The average Bonchev–Trinajstić information content (AvgIpc) is 2.73. The lowest BCUT2D eigenvalue weighted by Gasteiger charge is -2.29. The van der Waals surface area contributed by atoms with Crippen LogP contribution in [0.5, 0.6) is 0 Å². The molecule has 0 saturated carbocycles. The summed E-state index contributed by atoms with van der Waals surface area (Å²) in [6.45, 7) is 4.43. The normalized spacial score (nSPS) is 28.1. The molecule has 110 valence electrons. The fraction of sp³-hybridized carbons (Fsp3) is 0.667. The van der Waals surface area contributed by atoms with Gasteiger partial charge in [-0.15, -0.1) is 0 Å². The molecule has 2 fully saturated rings. The van der Waals surface area contributed by atoms with E-state index >= 15 is 0 Å². The minimum Gasteiger partial charge on any atom is -0.378 e. The number of anilines is 1. The van der Waals surface area contributed by atoms with Crippen LogP contribution in [0.4, 0.5) is 5.82 Å². The summed E-state index contributed by atoms with van der Waals surface area (Å²) in [7, 11) is 0. The minimum absolute atomic E-state index is 0.157. The predicted molar refractivity (Wildman–Crippen MR) is 79.8 cm³/mol. The second-order valence-corrected chi connectivity index (χ2v) is 5.61. The highest BCUT2D eigenvalue weighted by Crippen LogP contribution is 2.23. The molecule has 0 bridgehead atoms. The zero-order valence-corrected chi connectivity index (χ0v) is 11.9. The molecule has 2 atom stereocenters. The van der Waals surface area contributed by atoms with Crippen LogP contribution in [0, 0.1) is 0 Å². The van der Waals surface area contributed by atoms with Crippen molar-refractivity contribution < 1.29 is 4.74 Å². The van der Waals surface area contributed by atoms with Crippen molar-refractivity contribution in [3.8, 4) is 0 Å². The van der Waals surface area contributed by atoms with Crippen LogP contribution in [-0.4, -0.2) is 43.9 Å². The lowest BCUT2D eigenvalue weighted by Crippen LogP contribution is -2.39. The van der Waals surface area contributed by atoms with Crippen LogP contribution in [-0.2, 0) is 4.74 Å². The molecule has 1 aromatic rings. The third kappa shape index (κ3) is 3.11. The molecule has 3 heterocycles. The smallest absolute Gasteiger partial charge is 0.129 e. The van der Waals surface area contributed by atoms with Gasteiger partial charge in [0.15, 0.2) is 0 Å². The Balaban J connectivity index is 1.78. The lowest BCUT2D eigenvalue weighted by atomic mass is 10.0. The maximum absolute atomic E-state index is 6.30. The van der Waals surface area contributed by atoms with Gasteiger partial charge in [-0.3, -0.25) is 0 Å². The van der Waals surface area contributed by atoms with Crippen LogP contribution in [0.25, 0.3) is 0 Å². The van der Waals surface area contributed by atoms with E-state index < -0.39 is 0 Å². The van der Waals surface area contributed by atoms with E-state index in [1.54, 1.807) is 0 Å². The Bertz CT molecular complexity index is 434. The van der Waals surface area contributed by atoms with Gasteiger partial charge < -0.3 is 20.7 Å². The Morgan fingerprint density at radius 1 is 1.25 bits per heavy atom. The molecule has 0 aromatic carbocycles. The first-order chi connectivity index (χ1) is 9.84. The number of nitrogens with zero attached hydrogens (tertiary/aromatic N) is 2. The van der Waals surface area contributed by atoms with Crippen molar-refractivity contribution in [1.82, 2.24) is 10.3 Å². The molecule has 20 heavy (non-hydrogen) atoms. The van der Waals surface area contributed by atoms with E-state index in [0.717, 1.165) is 50.8 Å². The quantitative estimate of drug-likeness (QED) is 0.845. The molecule has 2 aliphatic rings. The number of hydrogen-bond acceptors (Lipinski definition) is 5. The van der Waals surface area contributed by atoms with Gasteiger partial charge in [-0.1, -0.05) is 12.5 Å². The summed E-state index contributed by atoms with van der Waals surface area (Å²) < 4.78 is 5.40. The molecule has 3 N–H and O–H groups in total. The van der Waals surface area contributed by atoms with Crippen LogP contribution < -0.4 is 16.0 Å². The summed E-state index contributed by atoms with van der Waals surface area (Å²) in [5, 5.41) is 3.55. The van der Waals surface area contributed by atoms with E-state index in [0.29, 0.717) is 0 Å². The van der Waals surface area contributed by atoms with Gasteiger partial charge in [-0.25, -0.2) is 4.98 Å². The zero-order chi connectivity index (χ0) is 13.8. The summed E-state index contributed by atoms with van der Waals surface area (Å²) in [4.78, 5) is 7.13. The van der Waals surface area contributed by atoms with Crippen molar-refractivity contribution >= 4 is 5.82 Å². The molecule has 1 aromatic heterocycles. The number of nitrogens with two attached hydrogens (primary N) is 1. The SMILES string of the molecule is NC1CCCCNC1c1cccc(N2CCOCC2)n1. The van der Waals surface area contributed by atoms with E-state index in [9.17, 15) is 0 Å². The third-order valence-corrected chi connectivity index (χ3v) is 4.17. The largest absolute Gasteiger partial charge is 0.378 e. The summed E-state index contributed by atoms with van der Waals surface area (Å²) in [6, 6.07) is 6.60. The van der Waals surface area contributed by atoms with E-state index in [4.69, 9.17) is 15.5 Å². The van der Waals surface area contributed by atoms with E-state index in [1.165, 1.54) is 12.8 Å². The predicted octanol–water partition coefficient (Wildman–Crippen LogP) is 1.06. The molecule has 5 heteroatoms. The van der Waals surface area contributed by atoms with Crippen molar-refractivity contribution in [2.24, 2.45) is 5.73 Å². The summed E-state index contributed by atoms with van der Waals surface area (Å²) in [6.07, 6.45) is 3.47. The highest BCUT2D eigenvalue weighted by Gasteiger charge is 2.23. The summed E-state index contributed by atoms with van der Waals surface area (Å²) in [5.74, 6) is 1.05. The highest BCUT2D eigenvalue weighted by atomic mass is 16.5. The van der Waals surface area contributed by atoms with Crippen LogP contribution in [0.15, 0.2) is 18.2 Å². The van der Waals surface area contributed by atoms with E-state index in [2.05, 4.69) is 28.4 Å². The molecule has 0 amide bonds. The molecule has 2 aliphatic heterocycles. The Morgan fingerprint density at radius 2 is 2.10 bits per heavy atom. The second-order valence-electron chi connectivity index (χ2n) is 5.61. The van der Waals surface area contributed by atoms with Gasteiger partial charge in [0, 0.05) is 19.1 Å². The monoisotopic (exact) mass is 276 g/mol. The number of nitrogens with one attached hydrogen (secondary N) is 1. The van der Waals surface area contributed by atoms with Crippen molar-refractivity contribution in [3.63, 3.8) is 0 Å². The Labute approximate surface area is 120 Å². The summed E-state index contributed by atoms with van der Waals surface area (Å²) >= 11 is 0. The van der Waals surface area contributed by atoms with Crippen LogP contribution in [0.1, 0.15) is 31.0 Å². The first-order valence-electron chi connectivity index (χ1n) is 7.63. The third-order valence-electron chi connectivity index (χ3n) is 4.17. The zero-order valence-electron chi connectivity index (χ0n) is 11.9. The molecule has 0 radical (unpaired) electrons. The van der Waals surface area contributed by atoms with Crippen molar-refractivity contribution in [2.45, 2.75) is 31.3 Å². The van der Waals surface area contributed by atoms with Crippen molar-refractivity contribution in [2.75, 3.05) is 37.7 Å². The van der Waals surface area contributed by atoms with Crippen LogP contribution in [0.3, 0.4) is 0 Å². The molecule has 0 aliphatic carbocycles. The maximum atomic E-state index is 6.30. The Morgan fingerprint density at radius 3 is 2.95 bits per heavy atom. The molecular formula is C15H24N4O. The van der Waals surface area contributed by atoms with Gasteiger partial charge in [0.2, 0.25) is 0 Å². The Hall–Kier alpha value is -1.17. The number of rotatable bonds is 2. The number of morpholine rings is 1. The first-order valence-corrected chi connectivity index (χ1v) is 7.63. The van der Waals surface area contributed by atoms with Gasteiger partial charge >= 0.3 is 0 Å². The van der Waals surface area contributed by atoms with E-state index in [-0.39, 0.29) is 12.1 Å². The number of hydrogen-bond donors (Lipinski definition) is 2. The van der Waals surface area contributed by atoms with Crippen LogP contribution in [0.2, 0.25) is 0 Å². The van der Waals surface area contributed by atoms with Gasteiger partial charge in [0.1, 0.15) is 5.82 Å². The lowest BCUT2D eigenvalue weighted by molar-refractivity contribution is 0.122. The number of ether oxygens (including phenoxy) is 1. The van der Waals surface area contributed by atoms with Crippen molar-refractivity contribution in [3.05, 3.63) is 23.9 Å². The Kier molecular flexibility index (Phi) is 4.50. The number of pyridine rings is 1. The minimum atomic E-state index is 0.157. The molecule has 5 nitrogen and oxygen atoms in total. The van der Waals surface area contributed by atoms with Gasteiger partial charge in [0.25, 0.3) is 0 Å². The van der Waals surface area contributed by atoms with Gasteiger partial charge in [0.05, 0.1) is 24.9 Å². The van der Waals surface area contributed by atoms with Crippen LogP contribution >= 0.6 is 0 Å². The second kappa shape index (κ2) is 6.52. The molecule has 2 unspecified atom stereocenters. The standard InChI is InChI=1S/C15H24N4O/c16-12-4-1-2-7-17-15(12)13-5-3-6-14(18-13)19-8-10-20-11-9-19/h3,5-6,12,15,17H,1-2,4,7-11,16H2. The van der Waals surface area contributed by atoms with E-state index in [1.807, 2.05) is 0 Å². The maximum Gasteiger partial charge on any atom is 0.129 e. The molecule has 3 rings (SSSR count). The summed E-state index contributed by atoms with van der Waals surface area (Å²) in [5.41, 5.74) is 7.38. The van der Waals surface area contributed by atoms with Gasteiger partial charge in [-0.2, -0.15) is 0 Å². The topological polar surface area (TPSA) is 63.4 Å².